The van der Waals surface area contributed by atoms with Crippen LogP contribution in [0.25, 0.3) is 5.57 Å². The Balaban J connectivity index is 1.25. The number of nitrogens with zero attached hydrogens (tertiary/aromatic N) is 3. The van der Waals surface area contributed by atoms with Crippen molar-refractivity contribution in [2.45, 2.75) is 6.92 Å². The van der Waals surface area contributed by atoms with Crippen molar-refractivity contribution in [2.75, 3.05) is 39.3 Å². The van der Waals surface area contributed by atoms with Crippen molar-refractivity contribution >= 4 is 29.0 Å². The highest BCUT2D eigenvalue weighted by Gasteiger charge is 2.26. The maximum Gasteiger partial charge on any atom is 0.269 e. The number of carbonyl (C=O) groups is 3. The number of aryl methyl sites for hydroxylation is 1. The summed E-state index contributed by atoms with van der Waals surface area (Å²) < 4.78 is 0. The lowest BCUT2D eigenvalue weighted by atomic mass is 10.1. The van der Waals surface area contributed by atoms with E-state index in [-0.39, 0.29) is 24.3 Å². The van der Waals surface area contributed by atoms with Gasteiger partial charge in [0, 0.05) is 31.7 Å². The topological polar surface area (TPSA) is 82.1 Å². The van der Waals surface area contributed by atoms with Crippen LogP contribution in [0.5, 0.6) is 0 Å². The molecule has 0 atom stereocenters. The van der Waals surface area contributed by atoms with E-state index < -0.39 is 0 Å². The number of carbonyl (C=O) groups excluding carboxylic acids is 3. The molecule has 3 amide bonds. The van der Waals surface area contributed by atoms with Crippen LogP contribution >= 0.6 is 0 Å². The van der Waals surface area contributed by atoms with Gasteiger partial charge in [-0.05, 0) is 35.8 Å². The molecule has 2 aliphatic heterocycles. The lowest BCUT2D eigenvalue weighted by Crippen LogP contribution is -2.53. The van der Waals surface area contributed by atoms with Crippen molar-refractivity contribution in [1.82, 2.24) is 15.1 Å². The molecule has 2 aromatic rings. The van der Waals surface area contributed by atoms with Crippen LogP contribution in [0.4, 0.5) is 0 Å². The monoisotopic (exact) mass is 430 g/mol. The highest BCUT2D eigenvalue weighted by Crippen LogP contribution is 2.19. The zero-order valence-electron chi connectivity index (χ0n) is 18.1. The summed E-state index contributed by atoms with van der Waals surface area (Å²) in [7, 11) is 0. The van der Waals surface area contributed by atoms with Gasteiger partial charge in [0.2, 0.25) is 5.91 Å². The first kappa shape index (κ1) is 21.5. The molecule has 0 unspecified atom stereocenters. The minimum absolute atomic E-state index is 0.0104. The van der Waals surface area contributed by atoms with Crippen LogP contribution in [0.15, 0.2) is 65.7 Å². The smallest absolute Gasteiger partial charge is 0.269 e. The third kappa shape index (κ3) is 4.77. The van der Waals surface area contributed by atoms with E-state index in [1.165, 1.54) is 0 Å². The van der Waals surface area contributed by atoms with Crippen molar-refractivity contribution in [1.29, 1.82) is 0 Å². The molecule has 0 aliphatic carbocycles. The van der Waals surface area contributed by atoms with E-state index in [0.717, 1.165) is 16.7 Å². The molecule has 2 heterocycles. The average Bonchev–Trinajstić information content (AvgIpc) is 3.33. The molecule has 7 nitrogen and oxygen atoms in total. The highest BCUT2D eigenvalue weighted by atomic mass is 16.2. The molecule has 2 aromatic carbocycles. The standard InChI is InChI=1S/C25H26N4O3/c1-18-7-5-6-10-21(18)25(32)29-13-11-28(12-14-29)23(30)17-27-24(31)22-15-20(16-26-22)19-8-3-2-4-9-19/h2-10,15H,11-14,16-17H2,1H3,(H,27,31). The van der Waals surface area contributed by atoms with Gasteiger partial charge in [0.05, 0.1) is 13.1 Å². The number of rotatable bonds is 5. The quantitative estimate of drug-likeness (QED) is 0.787. The van der Waals surface area contributed by atoms with Crippen LogP contribution < -0.4 is 5.32 Å². The summed E-state index contributed by atoms with van der Waals surface area (Å²) in [6.07, 6.45) is 1.77. The molecule has 164 valence electrons. The number of piperazine rings is 1. The van der Waals surface area contributed by atoms with Gasteiger partial charge in [-0.3, -0.25) is 19.4 Å². The summed E-state index contributed by atoms with van der Waals surface area (Å²) in [5, 5.41) is 2.67. The van der Waals surface area contributed by atoms with Gasteiger partial charge in [-0.2, -0.15) is 0 Å². The second-order valence-electron chi connectivity index (χ2n) is 7.91. The molecule has 32 heavy (non-hydrogen) atoms. The van der Waals surface area contributed by atoms with E-state index in [9.17, 15) is 14.4 Å². The Morgan fingerprint density at radius 1 is 0.906 bits per heavy atom. The third-order valence-electron chi connectivity index (χ3n) is 5.80. The Bertz CT molecular complexity index is 1080. The van der Waals surface area contributed by atoms with Crippen LogP contribution in [0, 0.1) is 6.92 Å². The van der Waals surface area contributed by atoms with Gasteiger partial charge in [0.15, 0.2) is 0 Å². The largest absolute Gasteiger partial charge is 0.342 e. The first-order valence-electron chi connectivity index (χ1n) is 10.7. The normalized spacial score (nSPS) is 15.8. The maximum absolute atomic E-state index is 12.7. The summed E-state index contributed by atoms with van der Waals surface area (Å²) in [4.78, 5) is 45.5. The Hall–Kier alpha value is -3.74. The van der Waals surface area contributed by atoms with Crippen molar-refractivity contribution < 1.29 is 14.4 Å². The van der Waals surface area contributed by atoms with Gasteiger partial charge in [-0.15, -0.1) is 0 Å². The third-order valence-corrected chi connectivity index (χ3v) is 5.80. The number of amides is 3. The summed E-state index contributed by atoms with van der Waals surface area (Å²) in [6.45, 7) is 4.14. The molecule has 1 saturated heterocycles. The number of aliphatic imine (C=N–C) groups is 1. The lowest BCUT2D eigenvalue weighted by molar-refractivity contribution is -0.133. The van der Waals surface area contributed by atoms with Crippen LogP contribution in [-0.2, 0) is 9.59 Å². The summed E-state index contributed by atoms with van der Waals surface area (Å²) in [5.41, 5.74) is 3.99. The van der Waals surface area contributed by atoms with Crippen molar-refractivity contribution in [3.8, 4) is 0 Å². The zero-order valence-corrected chi connectivity index (χ0v) is 18.1. The highest BCUT2D eigenvalue weighted by molar-refractivity contribution is 6.45. The van der Waals surface area contributed by atoms with E-state index in [2.05, 4.69) is 10.3 Å². The SMILES string of the molecule is Cc1ccccc1C(=O)N1CCN(C(=O)CNC(=O)C2=NCC(c3ccccc3)=C2)CC1. The maximum atomic E-state index is 12.7. The Labute approximate surface area is 187 Å². The Morgan fingerprint density at radius 3 is 2.28 bits per heavy atom. The molecular formula is C25H26N4O3. The van der Waals surface area contributed by atoms with E-state index in [4.69, 9.17) is 0 Å². The predicted molar refractivity (Wildman–Crippen MR) is 123 cm³/mol. The van der Waals surface area contributed by atoms with E-state index in [0.29, 0.717) is 44.0 Å². The van der Waals surface area contributed by atoms with Crippen molar-refractivity contribution in [3.63, 3.8) is 0 Å². The fraction of sp³-hybridized carbons (Fsp3) is 0.280. The predicted octanol–water partition coefficient (Wildman–Crippen LogP) is 1.93. The minimum atomic E-state index is -0.349. The first-order valence-corrected chi connectivity index (χ1v) is 10.7. The lowest BCUT2D eigenvalue weighted by Gasteiger charge is -2.35. The fourth-order valence-corrected chi connectivity index (χ4v) is 3.89. The number of hydrogen-bond acceptors (Lipinski definition) is 4. The van der Waals surface area contributed by atoms with Crippen molar-refractivity contribution in [3.05, 3.63) is 77.4 Å². The van der Waals surface area contributed by atoms with Gasteiger partial charge in [0.1, 0.15) is 5.71 Å². The number of benzene rings is 2. The van der Waals surface area contributed by atoms with Crippen LogP contribution in [0.3, 0.4) is 0 Å². The molecule has 7 heteroatoms. The molecule has 0 saturated carbocycles. The molecule has 0 radical (unpaired) electrons. The fourth-order valence-electron chi connectivity index (χ4n) is 3.89. The molecule has 2 aliphatic rings. The number of hydrogen-bond donors (Lipinski definition) is 1. The summed E-state index contributed by atoms with van der Waals surface area (Å²) >= 11 is 0. The van der Waals surface area contributed by atoms with Crippen LogP contribution in [0.1, 0.15) is 21.5 Å². The molecule has 1 N–H and O–H groups in total. The van der Waals surface area contributed by atoms with Crippen molar-refractivity contribution in [2.24, 2.45) is 4.99 Å². The Morgan fingerprint density at radius 2 is 1.56 bits per heavy atom. The Kier molecular flexibility index (Phi) is 6.44. The molecule has 1 fully saturated rings. The second-order valence-corrected chi connectivity index (χ2v) is 7.91. The van der Waals surface area contributed by atoms with Gasteiger partial charge < -0.3 is 15.1 Å². The molecule has 0 spiro atoms. The van der Waals surface area contributed by atoms with E-state index >= 15 is 0 Å². The van der Waals surface area contributed by atoms with Gasteiger partial charge in [-0.1, -0.05) is 48.5 Å². The molecule has 4 rings (SSSR count). The number of nitrogens with one attached hydrogen (secondary N) is 1. The zero-order chi connectivity index (χ0) is 22.5. The van der Waals surface area contributed by atoms with Gasteiger partial charge in [-0.25, -0.2) is 0 Å². The second kappa shape index (κ2) is 9.60. The molecule has 0 aromatic heterocycles. The first-order chi connectivity index (χ1) is 15.5. The van der Waals surface area contributed by atoms with Crippen LogP contribution in [0.2, 0.25) is 0 Å². The van der Waals surface area contributed by atoms with Crippen LogP contribution in [-0.4, -0.2) is 72.5 Å². The van der Waals surface area contributed by atoms with E-state index in [1.807, 2.05) is 61.5 Å². The average molecular weight is 431 g/mol. The molecule has 0 bridgehead atoms. The van der Waals surface area contributed by atoms with E-state index in [1.54, 1.807) is 15.9 Å². The van der Waals surface area contributed by atoms with Gasteiger partial charge in [0.25, 0.3) is 11.8 Å². The molecular weight excluding hydrogens is 404 g/mol. The summed E-state index contributed by atoms with van der Waals surface area (Å²) in [5.74, 6) is -0.520. The minimum Gasteiger partial charge on any atom is -0.342 e. The summed E-state index contributed by atoms with van der Waals surface area (Å²) in [6, 6.07) is 17.3. The van der Waals surface area contributed by atoms with Gasteiger partial charge >= 0.3 is 0 Å².